The maximum atomic E-state index is 5.82. The molecule has 0 radical (unpaired) electrons. The quantitative estimate of drug-likeness (QED) is 0.470. The summed E-state index contributed by atoms with van der Waals surface area (Å²) in [6, 6.07) is 0. The molecular formula is C9H21OSi-. The standard InChI is InChI=1S/C9H21OSi/c1-7-8-10-11(5,6)9(2,3)4/h1,7-8H2,2-6H3/q-1. The van der Waals surface area contributed by atoms with E-state index in [9.17, 15) is 0 Å². The Hall–Kier alpha value is 0.177. The third-order valence-corrected chi connectivity index (χ3v) is 6.95. The first kappa shape index (κ1) is 11.2. The summed E-state index contributed by atoms with van der Waals surface area (Å²) in [5, 5.41) is 0.335. The van der Waals surface area contributed by atoms with Crippen LogP contribution in [0.3, 0.4) is 0 Å². The van der Waals surface area contributed by atoms with Crippen LogP contribution in [0.2, 0.25) is 18.1 Å². The molecule has 0 saturated carbocycles. The number of rotatable bonds is 3. The summed E-state index contributed by atoms with van der Waals surface area (Å²) in [6.45, 7) is 15.9. The first-order chi connectivity index (χ1) is 4.81. The molecule has 0 aromatic rings. The van der Waals surface area contributed by atoms with E-state index in [1.54, 1.807) is 0 Å². The minimum Gasteiger partial charge on any atom is -0.419 e. The second-order valence-corrected chi connectivity index (χ2v) is 9.27. The average Bonchev–Trinajstić information content (AvgIpc) is 1.81. The molecule has 1 nitrogen and oxygen atoms in total. The predicted octanol–water partition coefficient (Wildman–Crippen LogP) is 3.23. The first-order valence-corrected chi connectivity index (χ1v) is 7.15. The Morgan fingerprint density at radius 3 is 2.00 bits per heavy atom. The van der Waals surface area contributed by atoms with Gasteiger partial charge in [-0.3, -0.25) is 0 Å². The van der Waals surface area contributed by atoms with Crippen molar-refractivity contribution in [3.8, 4) is 0 Å². The molecule has 0 aromatic carbocycles. The second kappa shape index (κ2) is 3.72. The Morgan fingerprint density at radius 1 is 1.27 bits per heavy atom. The zero-order valence-corrected chi connectivity index (χ0v) is 9.53. The first-order valence-electron chi connectivity index (χ1n) is 4.24. The molecule has 0 bridgehead atoms. The van der Waals surface area contributed by atoms with Gasteiger partial charge in [0.05, 0.1) is 0 Å². The average molecular weight is 173 g/mol. The molecule has 0 unspecified atom stereocenters. The molecule has 68 valence electrons. The van der Waals surface area contributed by atoms with Crippen molar-refractivity contribution in [2.45, 2.75) is 45.3 Å². The summed E-state index contributed by atoms with van der Waals surface area (Å²) in [4.78, 5) is 0. The molecule has 0 spiro atoms. The van der Waals surface area contributed by atoms with Crippen LogP contribution in [0, 0.1) is 6.92 Å². The highest BCUT2D eigenvalue weighted by atomic mass is 28.4. The van der Waals surface area contributed by atoms with Crippen molar-refractivity contribution in [2.24, 2.45) is 0 Å². The SMILES string of the molecule is [CH2-]CCO[Si](C)(C)C(C)(C)C. The Kier molecular flexibility index (Phi) is 3.78. The van der Waals surface area contributed by atoms with E-state index in [4.69, 9.17) is 4.43 Å². The van der Waals surface area contributed by atoms with Gasteiger partial charge in [0, 0.05) is 6.61 Å². The van der Waals surface area contributed by atoms with Crippen molar-refractivity contribution < 1.29 is 4.43 Å². The van der Waals surface area contributed by atoms with Crippen molar-refractivity contribution in [3.63, 3.8) is 0 Å². The fraction of sp³-hybridized carbons (Fsp3) is 0.889. The topological polar surface area (TPSA) is 9.23 Å². The van der Waals surface area contributed by atoms with Gasteiger partial charge in [0.2, 0.25) is 0 Å². The third kappa shape index (κ3) is 3.39. The molecule has 0 atom stereocenters. The summed E-state index contributed by atoms with van der Waals surface area (Å²) in [5.74, 6) is 0. The van der Waals surface area contributed by atoms with Crippen LogP contribution in [-0.2, 0) is 4.43 Å². The molecule has 0 N–H and O–H groups in total. The lowest BCUT2D eigenvalue weighted by Crippen LogP contribution is -2.40. The van der Waals surface area contributed by atoms with Gasteiger partial charge in [-0.15, -0.1) is 0 Å². The molecule has 0 aliphatic heterocycles. The highest BCUT2D eigenvalue weighted by Crippen LogP contribution is 2.36. The summed E-state index contributed by atoms with van der Waals surface area (Å²) in [6.07, 6.45) is 0.881. The molecule has 0 aliphatic rings. The van der Waals surface area contributed by atoms with Gasteiger partial charge in [0.15, 0.2) is 8.32 Å². The maximum absolute atomic E-state index is 5.82. The minimum absolute atomic E-state index is 0.335. The Labute approximate surface area is 72.3 Å². The summed E-state index contributed by atoms with van der Waals surface area (Å²) in [5.41, 5.74) is 0. The molecule has 0 aromatic heterocycles. The van der Waals surface area contributed by atoms with E-state index in [0.29, 0.717) is 5.04 Å². The van der Waals surface area contributed by atoms with Crippen LogP contribution >= 0.6 is 0 Å². The number of hydrogen-bond acceptors (Lipinski definition) is 1. The molecule has 11 heavy (non-hydrogen) atoms. The van der Waals surface area contributed by atoms with E-state index in [1.165, 1.54) is 0 Å². The lowest BCUT2D eigenvalue weighted by Gasteiger charge is -2.36. The van der Waals surface area contributed by atoms with E-state index in [0.717, 1.165) is 13.0 Å². The van der Waals surface area contributed by atoms with Crippen LogP contribution in [0.25, 0.3) is 0 Å². The van der Waals surface area contributed by atoms with Crippen molar-refractivity contribution in [3.05, 3.63) is 6.92 Å². The molecule has 0 amide bonds. The lowest BCUT2D eigenvalue weighted by atomic mass is 10.2. The van der Waals surface area contributed by atoms with Crippen LogP contribution < -0.4 is 0 Å². The fourth-order valence-electron chi connectivity index (χ4n) is 0.544. The molecule has 0 heterocycles. The van der Waals surface area contributed by atoms with Crippen molar-refractivity contribution >= 4 is 8.32 Å². The lowest BCUT2D eigenvalue weighted by molar-refractivity contribution is 0.294. The molecular weight excluding hydrogens is 152 g/mol. The normalized spacial score (nSPS) is 13.6. The Bertz CT molecular complexity index is 113. The summed E-state index contributed by atoms with van der Waals surface area (Å²) in [7, 11) is -1.47. The van der Waals surface area contributed by atoms with Crippen LogP contribution in [0.5, 0.6) is 0 Å². The third-order valence-electron chi connectivity index (χ3n) is 2.41. The Morgan fingerprint density at radius 2 is 1.73 bits per heavy atom. The summed E-state index contributed by atoms with van der Waals surface area (Å²) >= 11 is 0. The van der Waals surface area contributed by atoms with Crippen LogP contribution in [0.1, 0.15) is 27.2 Å². The zero-order chi connectivity index (χ0) is 9.12. The molecule has 0 saturated heterocycles. The second-order valence-electron chi connectivity index (χ2n) is 4.46. The van der Waals surface area contributed by atoms with Gasteiger partial charge in [0.1, 0.15) is 0 Å². The zero-order valence-electron chi connectivity index (χ0n) is 8.53. The largest absolute Gasteiger partial charge is 0.419 e. The highest BCUT2D eigenvalue weighted by molar-refractivity contribution is 6.74. The molecule has 0 fully saturated rings. The highest BCUT2D eigenvalue weighted by Gasteiger charge is 2.36. The van der Waals surface area contributed by atoms with Crippen LogP contribution in [-0.4, -0.2) is 14.9 Å². The smallest absolute Gasteiger partial charge is 0.191 e. The van der Waals surface area contributed by atoms with Gasteiger partial charge in [0.25, 0.3) is 0 Å². The number of hydrogen-bond donors (Lipinski definition) is 0. The van der Waals surface area contributed by atoms with Gasteiger partial charge in [-0.05, 0) is 18.1 Å². The van der Waals surface area contributed by atoms with Crippen molar-refractivity contribution in [2.75, 3.05) is 6.61 Å². The van der Waals surface area contributed by atoms with Gasteiger partial charge < -0.3 is 11.3 Å². The maximum Gasteiger partial charge on any atom is 0.191 e. The van der Waals surface area contributed by atoms with Crippen molar-refractivity contribution in [1.82, 2.24) is 0 Å². The van der Waals surface area contributed by atoms with E-state index in [2.05, 4.69) is 40.8 Å². The van der Waals surface area contributed by atoms with Gasteiger partial charge in [-0.25, -0.2) is 0 Å². The van der Waals surface area contributed by atoms with Gasteiger partial charge in [-0.1, -0.05) is 20.8 Å². The molecule has 0 aliphatic carbocycles. The molecule has 2 heteroatoms. The van der Waals surface area contributed by atoms with E-state index >= 15 is 0 Å². The monoisotopic (exact) mass is 173 g/mol. The van der Waals surface area contributed by atoms with E-state index in [-0.39, 0.29) is 0 Å². The van der Waals surface area contributed by atoms with Crippen LogP contribution in [0.4, 0.5) is 0 Å². The molecule has 0 rings (SSSR count). The Balaban J connectivity index is 4.00. The fourth-order valence-corrected chi connectivity index (χ4v) is 1.63. The minimum atomic E-state index is -1.47. The van der Waals surface area contributed by atoms with Gasteiger partial charge >= 0.3 is 0 Å². The van der Waals surface area contributed by atoms with E-state index < -0.39 is 8.32 Å². The van der Waals surface area contributed by atoms with Crippen molar-refractivity contribution in [1.29, 1.82) is 0 Å². The summed E-state index contributed by atoms with van der Waals surface area (Å²) < 4.78 is 5.82. The van der Waals surface area contributed by atoms with E-state index in [1.807, 2.05) is 0 Å². The van der Waals surface area contributed by atoms with Gasteiger partial charge in [-0.2, -0.15) is 6.42 Å². The van der Waals surface area contributed by atoms with Crippen LogP contribution in [0.15, 0.2) is 0 Å². The predicted molar refractivity (Wildman–Crippen MR) is 53.1 cm³/mol.